The number of aliphatic carboxylic acids is 1. The zero-order valence-electron chi connectivity index (χ0n) is 13.2. The summed E-state index contributed by atoms with van der Waals surface area (Å²) in [6.07, 6.45) is 1.31. The van der Waals surface area contributed by atoms with Gasteiger partial charge in [-0.3, -0.25) is 9.79 Å². The quantitative estimate of drug-likeness (QED) is 0.299. The number of nitrogens with one attached hydrogen (secondary N) is 1. The predicted molar refractivity (Wildman–Crippen MR) is 88.8 cm³/mol. The van der Waals surface area contributed by atoms with E-state index in [2.05, 4.69) is 10.3 Å². The van der Waals surface area contributed by atoms with E-state index in [0.29, 0.717) is 19.4 Å². The molecule has 0 aliphatic rings. The van der Waals surface area contributed by atoms with Gasteiger partial charge in [-0.2, -0.15) is 0 Å². The van der Waals surface area contributed by atoms with Crippen LogP contribution in [-0.4, -0.2) is 35.5 Å². The number of carboxylic acids is 1. The Hall–Kier alpha value is -2.57. The van der Waals surface area contributed by atoms with Crippen LogP contribution < -0.4 is 16.8 Å². The van der Waals surface area contributed by atoms with E-state index in [9.17, 15) is 14.7 Å². The molecule has 0 unspecified atom stereocenters. The smallest absolute Gasteiger partial charge is 0.326 e. The third kappa shape index (κ3) is 7.30. The van der Waals surface area contributed by atoms with Crippen molar-refractivity contribution in [3.8, 4) is 0 Å². The summed E-state index contributed by atoms with van der Waals surface area (Å²) >= 11 is 0. The molecule has 0 heterocycles. The van der Waals surface area contributed by atoms with Crippen molar-refractivity contribution >= 4 is 17.8 Å². The first-order valence-electron chi connectivity index (χ1n) is 7.52. The number of carbonyl (C=O) groups excluding carboxylic acids is 1. The molecule has 0 radical (unpaired) electrons. The van der Waals surface area contributed by atoms with Crippen LogP contribution in [0.4, 0.5) is 0 Å². The molecule has 7 nitrogen and oxygen atoms in total. The van der Waals surface area contributed by atoms with Gasteiger partial charge in [0.15, 0.2) is 5.96 Å². The molecule has 6 N–H and O–H groups in total. The minimum Gasteiger partial charge on any atom is -0.480 e. The van der Waals surface area contributed by atoms with Crippen LogP contribution in [0.3, 0.4) is 0 Å². The molecule has 1 amide bonds. The highest BCUT2D eigenvalue weighted by atomic mass is 16.4. The van der Waals surface area contributed by atoms with E-state index in [1.165, 1.54) is 0 Å². The van der Waals surface area contributed by atoms with Crippen molar-refractivity contribution in [3.63, 3.8) is 0 Å². The van der Waals surface area contributed by atoms with Gasteiger partial charge in [0.25, 0.3) is 0 Å². The molecule has 0 fully saturated rings. The first-order valence-corrected chi connectivity index (χ1v) is 7.52. The standard InChI is InChI=1S/C16H24N4O3/c1-11(10-12-6-3-2-4-7-12)14(21)20-13(15(22)23)8-5-9-19-16(17)18/h2-4,6-7,11,13H,5,8-10H2,1H3,(H,20,21)(H,22,23)(H4,17,18,19)/t11-,13+/m0/s1. The maximum atomic E-state index is 12.2. The SMILES string of the molecule is C[C@@H](Cc1ccccc1)C(=O)N[C@H](CCCN=C(N)N)C(=O)O. The van der Waals surface area contributed by atoms with E-state index in [1.54, 1.807) is 6.92 Å². The van der Waals surface area contributed by atoms with E-state index < -0.39 is 12.0 Å². The molecular weight excluding hydrogens is 296 g/mol. The number of aliphatic imine (C=N–C) groups is 1. The average molecular weight is 320 g/mol. The van der Waals surface area contributed by atoms with Crippen molar-refractivity contribution in [1.82, 2.24) is 5.32 Å². The van der Waals surface area contributed by atoms with E-state index in [-0.39, 0.29) is 24.2 Å². The van der Waals surface area contributed by atoms with Gasteiger partial charge in [0.05, 0.1) is 0 Å². The molecule has 1 aromatic carbocycles. The van der Waals surface area contributed by atoms with E-state index >= 15 is 0 Å². The van der Waals surface area contributed by atoms with Crippen molar-refractivity contribution in [1.29, 1.82) is 0 Å². The second kappa shape index (κ2) is 9.45. The molecule has 0 aliphatic carbocycles. The van der Waals surface area contributed by atoms with E-state index in [1.807, 2.05) is 30.3 Å². The van der Waals surface area contributed by atoms with Gasteiger partial charge < -0.3 is 21.9 Å². The summed E-state index contributed by atoms with van der Waals surface area (Å²) in [5, 5.41) is 11.8. The first kappa shape index (κ1) is 18.5. The second-order valence-corrected chi connectivity index (χ2v) is 5.44. The highest BCUT2D eigenvalue weighted by Gasteiger charge is 2.22. The molecule has 0 saturated carbocycles. The van der Waals surface area contributed by atoms with Crippen LogP contribution in [0.1, 0.15) is 25.3 Å². The number of hydrogen-bond donors (Lipinski definition) is 4. The van der Waals surface area contributed by atoms with Gasteiger partial charge >= 0.3 is 5.97 Å². The van der Waals surface area contributed by atoms with Crippen LogP contribution >= 0.6 is 0 Å². The van der Waals surface area contributed by atoms with Crippen LogP contribution in [0.15, 0.2) is 35.3 Å². The summed E-state index contributed by atoms with van der Waals surface area (Å²) in [6, 6.07) is 8.66. The van der Waals surface area contributed by atoms with Crippen LogP contribution in [0, 0.1) is 5.92 Å². The Labute approximate surface area is 135 Å². The highest BCUT2D eigenvalue weighted by Crippen LogP contribution is 2.09. The lowest BCUT2D eigenvalue weighted by Crippen LogP contribution is -2.43. The van der Waals surface area contributed by atoms with Crippen LogP contribution in [-0.2, 0) is 16.0 Å². The van der Waals surface area contributed by atoms with Crippen LogP contribution in [0.2, 0.25) is 0 Å². The molecule has 0 bridgehead atoms. The van der Waals surface area contributed by atoms with Crippen LogP contribution in [0.25, 0.3) is 0 Å². The molecule has 0 spiro atoms. The number of carbonyl (C=O) groups is 2. The van der Waals surface area contributed by atoms with Crippen molar-refractivity contribution < 1.29 is 14.7 Å². The number of hydrogen-bond acceptors (Lipinski definition) is 3. The number of amides is 1. The molecule has 7 heteroatoms. The fourth-order valence-corrected chi connectivity index (χ4v) is 2.14. The molecule has 2 atom stereocenters. The molecule has 0 saturated heterocycles. The molecule has 23 heavy (non-hydrogen) atoms. The minimum absolute atomic E-state index is 0.0302. The van der Waals surface area contributed by atoms with Crippen molar-refractivity contribution in [2.45, 2.75) is 32.2 Å². The third-order valence-electron chi connectivity index (χ3n) is 3.39. The number of rotatable bonds is 9. The zero-order valence-corrected chi connectivity index (χ0v) is 13.2. The topological polar surface area (TPSA) is 131 Å². The summed E-state index contributed by atoms with van der Waals surface area (Å²) in [6.45, 7) is 2.11. The largest absolute Gasteiger partial charge is 0.480 e. The normalized spacial score (nSPS) is 12.9. The number of nitrogens with two attached hydrogens (primary N) is 2. The maximum absolute atomic E-state index is 12.2. The first-order chi connectivity index (χ1) is 10.9. The number of carboxylic acid groups (broad SMARTS) is 1. The van der Waals surface area contributed by atoms with Crippen LogP contribution in [0.5, 0.6) is 0 Å². The van der Waals surface area contributed by atoms with E-state index in [0.717, 1.165) is 5.56 Å². The summed E-state index contributed by atoms with van der Waals surface area (Å²) < 4.78 is 0. The van der Waals surface area contributed by atoms with Gasteiger partial charge in [-0.25, -0.2) is 4.79 Å². The summed E-state index contributed by atoms with van der Waals surface area (Å²) in [5.74, 6) is -1.67. The third-order valence-corrected chi connectivity index (χ3v) is 3.39. The molecule has 0 aliphatic heterocycles. The minimum atomic E-state index is -1.06. The fraction of sp³-hybridized carbons (Fsp3) is 0.438. The molecule has 0 aromatic heterocycles. The average Bonchev–Trinajstić information content (AvgIpc) is 2.50. The summed E-state index contributed by atoms with van der Waals surface area (Å²) in [5.41, 5.74) is 11.4. The second-order valence-electron chi connectivity index (χ2n) is 5.44. The Kier molecular flexibility index (Phi) is 7.59. The Morgan fingerprint density at radius 3 is 2.48 bits per heavy atom. The van der Waals surface area contributed by atoms with Gasteiger partial charge in [-0.1, -0.05) is 37.3 Å². The lowest BCUT2D eigenvalue weighted by Gasteiger charge is -2.17. The number of guanidine groups is 1. The Bertz CT molecular complexity index is 542. The van der Waals surface area contributed by atoms with Gasteiger partial charge in [0, 0.05) is 12.5 Å². The van der Waals surface area contributed by atoms with Gasteiger partial charge in [0.1, 0.15) is 6.04 Å². The Morgan fingerprint density at radius 1 is 1.26 bits per heavy atom. The molecule has 126 valence electrons. The predicted octanol–water partition coefficient (Wildman–Crippen LogP) is 0.488. The van der Waals surface area contributed by atoms with Gasteiger partial charge in [-0.05, 0) is 24.8 Å². The Morgan fingerprint density at radius 2 is 1.91 bits per heavy atom. The number of nitrogens with zero attached hydrogens (tertiary/aromatic N) is 1. The Balaban J connectivity index is 2.49. The van der Waals surface area contributed by atoms with Crippen molar-refractivity contribution in [2.75, 3.05) is 6.54 Å². The zero-order chi connectivity index (χ0) is 17.2. The fourth-order valence-electron chi connectivity index (χ4n) is 2.14. The lowest BCUT2D eigenvalue weighted by molar-refractivity contribution is -0.142. The number of benzene rings is 1. The van der Waals surface area contributed by atoms with Gasteiger partial charge in [-0.15, -0.1) is 0 Å². The summed E-state index contributed by atoms with van der Waals surface area (Å²) in [7, 11) is 0. The lowest BCUT2D eigenvalue weighted by atomic mass is 9.99. The maximum Gasteiger partial charge on any atom is 0.326 e. The van der Waals surface area contributed by atoms with Crippen molar-refractivity contribution in [2.24, 2.45) is 22.4 Å². The monoisotopic (exact) mass is 320 g/mol. The highest BCUT2D eigenvalue weighted by molar-refractivity contribution is 5.84. The molecular formula is C16H24N4O3. The van der Waals surface area contributed by atoms with Gasteiger partial charge in [0.2, 0.25) is 5.91 Å². The van der Waals surface area contributed by atoms with Crippen molar-refractivity contribution in [3.05, 3.63) is 35.9 Å². The van der Waals surface area contributed by atoms with E-state index in [4.69, 9.17) is 11.5 Å². The molecule has 1 aromatic rings. The summed E-state index contributed by atoms with van der Waals surface area (Å²) in [4.78, 5) is 27.2. The molecule has 1 rings (SSSR count).